The van der Waals surface area contributed by atoms with E-state index in [2.05, 4.69) is 52.8 Å². The molecule has 1 aliphatic heterocycles. The van der Waals surface area contributed by atoms with Crippen LogP contribution in [0.25, 0.3) is 0 Å². The van der Waals surface area contributed by atoms with Crippen molar-refractivity contribution in [2.75, 3.05) is 26.2 Å². The standard InChI is InChI=1S/C23H31N5O/c1-2-25-23(26-16-18-10-12-20(13-11-18)22(24)29)27-17-21(28-14-6-7-15-28)19-8-4-3-5-9-19/h3-5,8-13,21H,2,6-7,14-17H2,1H3,(H2,24,29)(H2,25,26,27). The second-order valence-corrected chi connectivity index (χ2v) is 7.31. The summed E-state index contributed by atoms with van der Waals surface area (Å²) in [6.45, 7) is 6.48. The number of benzene rings is 2. The highest BCUT2D eigenvalue weighted by atomic mass is 16.1. The van der Waals surface area contributed by atoms with Crippen LogP contribution >= 0.6 is 0 Å². The highest BCUT2D eigenvalue weighted by Crippen LogP contribution is 2.24. The van der Waals surface area contributed by atoms with Crippen LogP contribution in [0.1, 0.15) is 47.3 Å². The molecule has 2 aromatic rings. The summed E-state index contributed by atoms with van der Waals surface area (Å²) in [5.41, 5.74) is 8.18. The van der Waals surface area contributed by atoms with Crippen LogP contribution in [0.5, 0.6) is 0 Å². The second-order valence-electron chi connectivity index (χ2n) is 7.31. The Kier molecular flexibility index (Phi) is 7.64. The fourth-order valence-corrected chi connectivity index (χ4v) is 3.67. The molecule has 1 heterocycles. The summed E-state index contributed by atoms with van der Waals surface area (Å²) in [6.07, 6.45) is 2.53. The average molecular weight is 394 g/mol. The molecule has 6 heteroatoms. The molecule has 4 N–H and O–H groups in total. The third-order valence-electron chi connectivity index (χ3n) is 5.23. The molecule has 1 saturated heterocycles. The summed E-state index contributed by atoms with van der Waals surface area (Å²) < 4.78 is 0. The van der Waals surface area contributed by atoms with E-state index in [4.69, 9.17) is 10.7 Å². The molecule has 0 spiro atoms. The van der Waals surface area contributed by atoms with Gasteiger partial charge in [-0.15, -0.1) is 0 Å². The van der Waals surface area contributed by atoms with Crippen LogP contribution in [-0.2, 0) is 6.54 Å². The van der Waals surface area contributed by atoms with Crippen molar-refractivity contribution in [2.45, 2.75) is 32.4 Å². The maximum absolute atomic E-state index is 11.2. The summed E-state index contributed by atoms with van der Waals surface area (Å²) in [5, 5.41) is 6.85. The van der Waals surface area contributed by atoms with Gasteiger partial charge in [0.25, 0.3) is 0 Å². The first-order chi connectivity index (χ1) is 14.2. The molecule has 0 aromatic heterocycles. The van der Waals surface area contributed by atoms with Gasteiger partial charge in [0.15, 0.2) is 5.96 Å². The van der Waals surface area contributed by atoms with Gasteiger partial charge in [0.1, 0.15) is 0 Å². The first-order valence-corrected chi connectivity index (χ1v) is 10.4. The zero-order valence-electron chi connectivity index (χ0n) is 17.1. The number of nitrogens with one attached hydrogen (secondary N) is 2. The van der Waals surface area contributed by atoms with Gasteiger partial charge in [-0.1, -0.05) is 42.5 Å². The Labute approximate surface area is 173 Å². The minimum Gasteiger partial charge on any atom is -0.366 e. The number of nitrogens with two attached hydrogens (primary N) is 1. The second kappa shape index (κ2) is 10.6. The number of carbonyl (C=O) groups excluding carboxylic acids is 1. The number of hydrogen-bond acceptors (Lipinski definition) is 3. The molecule has 154 valence electrons. The highest BCUT2D eigenvalue weighted by Gasteiger charge is 2.23. The Bertz CT molecular complexity index is 798. The summed E-state index contributed by atoms with van der Waals surface area (Å²) in [6, 6.07) is 18.3. The van der Waals surface area contributed by atoms with Crippen LogP contribution in [0.4, 0.5) is 0 Å². The number of hydrogen-bond donors (Lipinski definition) is 3. The number of carbonyl (C=O) groups is 1. The molecule has 2 aromatic carbocycles. The van der Waals surface area contributed by atoms with E-state index >= 15 is 0 Å². The maximum atomic E-state index is 11.2. The van der Waals surface area contributed by atoms with Gasteiger partial charge < -0.3 is 16.4 Å². The van der Waals surface area contributed by atoms with E-state index in [1.807, 2.05) is 12.1 Å². The third-order valence-corrected chi connectivity index (χ3v) is 5.23. The van der Waals surface area contributed by atoms with Crippen molar-refractivity contribution in [3.8, 4) is 0 Å². The van der Waals surface area contributed by atoms with Crippen LogP contribution in [0, 0.1) is 0 Å². The Morgan fingerprint density at radius 2 is 1.76 bits per heavy atom. The normalized spacial score (nSPS) is 15.8. The minimum absolute atomic E-state index is 0.331. The molecule has 1 unspecified atom stereocenters. The zero-order valence-corrected chi connectivity index (χ0v) is 17.1. The average Bonchev–Trinajstić information content (AvgIpc) is 3.27. The van der Waals surface area contributed by atoms with E-state index in [1.54, 1.807) is 12.1 Å². The van der Waals surface area contributed by atoms with Gasteiger partial charge in [-0.25, -0.2) is 4.99 Å². The van der Waals surface area contributed by atoms with Crippen molar-refractivity contribution in [1.29, 1.82) is 0 Å². The van der Waals surface area contributed by atoms with Crippen molar-refractivity contribution >= 4 is 11.9 Å². The van der Waals surface area contributed by atoms with Gasteiger partial charge in [0, 0.05) is 18.7 Å². The van der Waals surface area contributed by atoms with E-state index < -0.39 is 5.91 Å². The first kappa shape index (κ1) is 20.9. The number of nitrogens with zero attached hydrogens (tertiary/aromatic N) is 2. The molecule has 3 rings (SSSR count). The van der Waals surface area contributed by atoms with Crippen LogP contribution in [-0.4, -0.2) is 42.9 Å². The first-order valence-electron chi connectivity index (χ1n) is 10.4. The van der Waals surface area contributed by atoms with Crippen LogP contribution in [0.2, 0.25) is 0 Å². The van der Waals surface area contributed by atoms with Gasteiger partial charge in [-0.3, -0.25) is 9.69 Å². The van der Waals surface area contributed by atoms with Crippen LogP contribution < -0.4 is 16.4 Å². The predicted octanol–water partition coefficient (Wildman–Crippen LogP) is 2.68. The maximum Gasteiger partial charge on any atom is 0.248 e. The largest absolute Gasteiger partial charge is 0.366 e. The highest BCUT2D eigenvalue weighted by molar-refractivity contribution is 5.92. The molecule has 1 aliphatic rings. The SMILES string of the molecule is CCNC(=NCc1ccc(C(N)=O)cc1)NCC(c1ccccc1)N1CCCC1. The molecule has 0 bridgehead atoms. The Balaban J connectivity index is 1.66. The van der Waals surface area contributed by atoms with Gasteiger partial charge in [-0.05, 0) is 56.1 Å². The Hall–Kier alpha value is -2.86. The topological polar surface area (TPSA) is 82.7 Å². The molecule has 0 radical (unpaired) electrons. The van der Waals surface area contributed by atoms with E-state index in [0.29, 0.717) is 18.2 Å². The lowest BCUT2D eigenvalue weighted by Gasteiger charge is -2.29. The van der Waals surface area contributed by atoms with Crippen molar-refractivity contribution in [3.05, 3.63) is 71.3 Å². The Morgan fingerprint density at radius 1 is 1.07 bits per heavy atom. The predicted molar refractivity (Wildman–Crippen MR) is 118 cm³/mol. The van der Waals surface area contributed by atoms with Gasteiger partial charge >= 0.3 is 0 Å². The lowest BCUT2D eigenvalue weighted by atomic mass is 10.1. The molecule has 0 saturated carbocycles. The zero-order chi connectivity index (χ0) is 20.5. The number of likely N-dealkylation sites (tertiary alicyclic amines) is 1. The monoisotopic (exact) mass is 393 g/mol. The summed E-state index contributed by atoms with van der Waals surface area (Å²) in [5.74, 6) is 0.385. The lowest BCUT2D eigenvalue weighted by Crippen LogP contribution is -2.42. The number of amides is 1. The summed E-state index contributed by atoms with van der Waals surface area (Å²) in [7, 11) is 0. The number of primary amides is 1. The van der Waals surface area contributed by atoms with Crippen LogP contribution in [0.15, 0.2) is 59.6 Å². The number of aliphatic imine (C=N–C) groups is 1. The number of guanidine groups is 1. The molecule has 0 aliphatic carbocycles. The molecular formula is C23H31N5O. The summed E-state index contributed by atoms with van der Waals surface area (Å²) >= 11 is 0. The lowest BCUT2D eigenvalue weighted by molar-refractivity contribution is 0.100. The third kappa shape index (κ3) is 6.06. The van der Waals surface area contributed by atoms with Crippen molar-refractivity contribution in [1.82, 2.24) is 15.5 Å². The van der Waals surface area contributed by atoms with Gasteiger partial charge in [0.2, 0.25) is 5.91 Å². The minimum atomic E-state index is -0.413. The van der Waals surface area contributed by atoms with E-state index in [9.17, 15) is 4.79 Å². The molecule has 1 atom stereocenters. The fourth-order valence-electron chi connectivity index (χ4n) is 3.67. The molecule has 1 amide bonds. The van der Waals surface area contributed by atoms with E-state index in [1.165, 1.54) is 18.4 Å². The van der Waals surface area contributed by atoms with Crippen molar-refractivity contribution in [3.63, 3.8) is 0 Å². The quantitative estimate of drug-likeness (QED) is 0.476. The van der Waals surface area contributed by atoms with E-state index in [-0.39, 0.29) is 0 Å². The number of rotatable bonds is 8. The molecule has 29 heavy (non-hydrogen) atoms. The fraction of sp³-hybridized carbons (Fsp3) is 0.391. The summed E-state index contributed by atoms with van der Waals surface area (Å²) in [4.78, 5) is 18.5. The Morgan fingerprint density at radius 3 is 2.38 bits per heavy atom. The van der Waals surface area contributed by atoms with Crippen molar-refractivity contribution < 1.29 is 4.79 Å². The van der Waals surface area contributed by atoms with E-state index in [0.717, 1.165) is 37.7 Å². The smallest absolute Gasteiger partial charge is 0.248 e. The van der Waals surface area contributed by atoms with Crippen LogP contribution in [0.3, 0.4) is 0 Å². The molecule has 6 nitrogen and oxygen atoms in total. The van der Waals surface area contributed by atoms with Gasteiger partial charge in [0.05, 0.1) is 12.6 Å². The van der Waals surface area contributed by atoms with Crippen molar-refractivity contribution in [2.24, 2.45) is 10.7 Å². The van der Waals surface area contributed by atoms with Gasteiger partial charge in [-0.2, -0.15) is 0 Å². The molecular weight excluding hydrogens is 362 g/mol. The molecule has 1 fully saturated rings.